The van der Waals surface area contributed by atoms with Gasteiger partial charge in [-0.1, -0.05) is 30.3 Å². The van der Waals surface area contributed by atoms with Crippen molar-refractivity contribution in [1.29, 1.82) is 0 Å². The molecule has 0 amide bonds. The van der Waals surface area contributed by atoms with Crippen LogP contribution in [0.5, 0.6) is 0 Å². The molecule has 0 aliphatic heterocycles. The number of hydrogen-bond acceptors (Lipinski definition) is 4. The molecule has 0 spiro atoms. The summed E-state index contributed by atoms with van der Waals surface area (Å²) in [4.78, 5) is 8.62. The van der Waals surface area contributed by atoms with Gasteiger partial charge in [-0.3, -0.25) is 4.68 Å². The smallest absolute Gasteiger partial charge is 0.134 e. The molecule has 22 heavy (non-hydrogen) atoms. The summed E-state index contributed by atoms with van der Waals surface area (Å²) in [6.07, 6.45) is 8.11. The van der Waals surface area contributed by atoms with E-state index in [1.165, 1.54) is 12.8 Å². The fourth-order valence-electron chi connectivity index (χ4n) is 2.43. The first-order valence-corrected chi connectivity index (χ1v) is 7.54. The summed E-state index contributed by atoms with van der Waals surface area (Å²) in [7, 11) is 0. The summed E-state index contributed by atoms with van der Waals surface area (Å²) in [5, 5.41) is 7.68. The maximum absolute atomic E-state index is 4.38. The summed E-state index contributed by atoms with van der Waals surface area (Å²) in [6.45, 7) is 1.01. The minimum atomic E-state index is 0.778. The van der Waals surface area contributed by atoms with E-state index in [1.54, 1.807) is 6.33 Å². The van der Waals surface area contributed by atoms with Crippen LogP contribution in [-0.2, 0) is 6.54 Å². The number of nitrogens with zero attached hydrogens (tertiary/aromatic N) is 4. The van der Waals surface area contributed by atoms with Crippen molar-refractivity contribution in [1.82, 2.24) is 19.7 Å². The second-order valence-electron chi connectivity index (χ2n) is 5.67. The maximum atomic E-state index is 4.38. The van der Waals surface area contributed by atoms with Crippen molar-refractivity contribution in [3.8, 4) is 11.3 Å². The van der Waals surface area contributed by atoms with E-state index in [4.69, 9.17) is 0 Å². The Hall–Kier alpha value is -2.69. The van der Waals surface area contributed by atoms with Gasteiger partial charge in [0.15, 0.2) is 0 Å². The molecule has 0 radical (unpaired) electrons. The molecule has 1 saturated carbocycles. The Bertz CT molecular complexity index is 761. The fourth-order valence-corrected chi connectivity index (χ4v) is 2.43. The lowest BCUT2D eigenvalue weighted by atomic mass is 10.1. The van der Waals surface area contributed by atoms with Gasteiger partial charge >= 0.3 is 0 Å². The molecule has 2 heterocycles. The van der Waals surface area contributed by atoms with Crippen LogP contribution in [0.4, 0.5) is 11.5 Å². The quantitative estimate of drug-likeness (QED) is 0.781. The number of hydrogen-bond donors (Lipinski definition) is 1. The molecule has 1 N–H and O–H groups in total. The summed E-state index contributed by atoms with van der Waals surface area (Å²) >= 11 is 0. The average molecular weight is 291 g/mol. The van der Waals surface area contributed by atoms with Crippen molar-refractivity contribution in [2.75, 3.05) is 5.32 Å². The largest absolute Gasteiger partial charge is 0.338 e. The molecule has 2 aromatic heterocycles. The van der Waals surface area contributed by atoms with Crippen LogP contribution < -0.4 is 5.32 Å². The highest BCUT2D eigenvalue weighted by Gasteiger charge is 2.21. The van der Waals surface area contributed by atoms with Crippen LogP contribution in [0.1, 0.15) is 12.8 Å². The predicted molar refractivity (Wildman–Crippen MR) is 85.7 cm³/mol. The Morgan fingerprint density at radius 1 is 1.14 bits per heavy atom. The molecular weight excluding hydrogens is 274 g/mol. The van der Waals surface area contributed by atoms with Crippen LogP contribution in [0.3, 0.4) is 0 Å². The summed E-state index contributed by atoms with van der Waals surface area (Å²) in [6, 6.07) is 12.0. The fraction of sp³-hybridized carbons (Fsp3) is 0.235. The van der Waals surface area contributed by atoms with Gasteiger partial charge in [0.2, 0.25) is 0 Å². The van der Waals surface area contributed by atoms with Gasteiger partial charge in [-0.15, -0.1) is 0 Å². The number of anilines is 2. The Morgan fingerprint density at radius 3 is 2.82 bits per heavy atom. The molecule has 0 atom stereocenters. The molecule has 1 aliphatic carbocycles. The van der Waals surface area contributed by atoms with Crippen LogP contribution in [0.2, 0.25) is 0 Å². The lowest BCUT2D eigenvalue weighted by molar-refractivity contribution is 0.563. The molecule has 0 unspecified atom stereocenters. The van der Waals surface area contributed by atoms with E-state index in [0.717, 1.165) is 35.2 Å². The third-order valence-electron chi connectivity index (χ3n) is 3.78. The third kappa shape index (κ3) is 2.98. The minimum absolute atomic E-state index is 0.778. The predicted octanol–water partition coefficient (Wildman–Crippen LogP) is 3.49. The zero-order valence-corrected chi connectivity index (χ0v) is 12.2. The Labute approximate surface area is 129 Å². The zero-order valence-electron chi connectivity index (χ0n) is 12.2. The van der Waals surface area contributed by atoms with Crippen molar-refractivity contribution >= 4 is 11.5 Å². The van der Waals surface area contributed by atoms with Crippen LogP contribution >= 0.6 is 0 Å². The number of nitrogens with one attached hydrogen (secondary N) is 1. The van der Waals surface area contributed by atoms with Gasteiger partial charge in [0.25, 0.3) is 0 Å². The van der Waals surface area contributed by atoms with E-state index in [0.29, 0.717) is 0 Å². The molecule has 4 rings (SSSR count). The van der Waals surface area contributed by atoms with E-state index in [2.05, 4.69) is 20.4 Å². The van der Waals surface area contributed by atoms with Crippen molar-refractivity contribution in [3.63, 3.8) is 0 Å². The first kappa shape index (κ1) is 13.0. The summed E-state index contributed by atoms with van der Waals surface area (Å²) < 4.78 is 2.00. The second-order valence-corrected chi connectivity index (χ2v) is 5.67. The van der Waals surface area contributed by atoms with E-state index in [-0.39, 0.29) is 0 Å². The Kier molecular flexibility index (Phi) is 3.31. The maximum Gasteiger partial charge on any atom is 0.134 e. The van der Waals surface area contributed by atoms with E-state index >= 15 is 0 Å². The lowest BCUT2D eigenvalue weighted by Crippen LogP contribution is -1.99. The molecule has 3 aromatic rings. The molecule has 110 valence electrons. The highest BCUT2D eigenvalue weighted by atomic mass is 15.3. The number of aromatic nitrogens is 4. The van der Waals surface area contributed by atoms with Crippen molar-refractivity contribution in [2.45, 2.75) is 19.4 Å². The van der Waals surface area contributed by atoms with E-state index in [9.17, 15) is 0 Å². The van der Waals surface area contributed by atoms with Crippen molar-refractivity contribution < 1.29 is 0 Å². The normalized spacial score (nSPS) is 14.0. The first-order valence-electron chi connectivity index (χ1n) is 7.54. The number of rotatable bonds is 5. The highest BCUT2D eigenvalue weighted by molar-refractivity contribution is 5.64. The molecule has 1 aromatic carbocycles. The van der Waals surface area contributed by atoms with Gasteiger partial charge < -0.3 is 5.32 Å². The van der Waals surface area contributed by atoms with Gasteiger partial charge in [0.1, 0.15) is 12.1 Å². The van der Waals surface area contributed by atoms with E-state index in [1.807, 2.05) is 53.5 Å². The molecular formula is C17H17N5. The zero-order chi connectivity index (χ0) is 14.8. The third-order valence-corrected chi connectivity index (χ3v) is 3.78. The SMILES string of the molecule is c1ccc(-c2cc(Nc3cnn(CC4CC4)c3)ncn2)cc1. The molecule has 0 bridgehead atoms. The van der Waals surface area contributed by atoms with Crippen molar-refractivity contribution in [2.24, 2.45) is 5.92 Å². The van der Waals surface area contributed by atoms with Gasteiger partial charge in [-0.2, -0.15) is 5.10 Å². The monoisotopic (exact) mass is 291 g/mol. The number of benzene rings is 1. The highest BCUT2D eigenvalue weighted by Crippen LogP contribution is 2.30. The minimum Gasteiger partial charge on any atom is -0.338 e. The van der Waals surface area contributed by atoms with Crippen molar-refractivity contribution in [3.05, 3.63) is 55.1 Å². The van der Waals surface area contributed by atoms with Gasteiger partial charge in [-0.25, -0.2) is 9.97 Å². The van der Waals surface area contributed by atoms with Gasteiger partial charge in [0.05, 0.1) is 17.6 Å². The van der Waals surface area contributed by atoms with Gasteiger partial charge in [-0.05, 0) is 18.8 Å². The van der Waals surface area contributed by atoms with Crippen LogP contribution in [-0.4, -0.2) is 19.7 Å². The Morgan fingerprint density at radius 2 is 2.00 bits per heavy atom. The molecule has 5 nitrogen and oxygen atoms in total. The molecule has 1 fully saturated rings. The topological polar surface area (TPSA) is 55.6 Å². The molecule has 0 saturated heterocycles. The van der Waals surface area contributed by atoms with Gasteiger partial charge in [0, 0.05) is 24.4 Å². The first-order chi connectivity index (χ1) is 10.9. The average Bonchev–Trinajstić information content (AvgIpc) is 3.27. The van der Waals surface area contributed by atoms with Crippen LogP contribution in [0.15, 0.2) is 55.1 Å². The van der Waals surface area contributed by atoms with Crippen LogP contribution in [0, 0.1) is 5.92 Å². The van der Waals surface area contributed by atoms with Crippen LogP contribution in [0.25, 0.3) is 11.3 Å². The molecule has 1 aliphatic rings. The Balaban J connectivity index is 1.51. The summed E-state index contributed by atoms with van der Waals surface area (Å²) in [5.41, 5.74) is 2.94. The molecule has 5 heteroatoms. The lowest BCUT2D eigenvalue weighted by Gasteiger charge is -2.05. The standard InChI is InChI=1S/C17H17N5/c1-2-4-14(5-3-1)16-8-17(19-12-18-16)21-15-9-20-22(11-15)10-13-6-7-13/h1-5,8-9,11-13H,6-7,10H2,(H,18,19,21). The summed E-state index contributed by atoms with van der Waals surface area (Å²) in [5.74, 6) is 1.59. The second kappa shape index (κ2) is 5.60. The van der Waals surface area contributed by atoms with E-state index < -0.39 is 0 Å².